The lowest BCUT2D eigenvalue weighted by molar-refractivity contribution is 0.114. The lowest BCUT2D eigenvalue weighted by atomic mass is 9.96. The van der Waals surface area contributed by atoms with Gasteiger partial charge in [-0.25, -0.2) is 9.97 Å². The summed E-state index contributed by atoms with van der Waals surface area (Å²) in [5, 5.41) is 16.7. The Morgan fingerprint density at radius 1 is 1.05 bits per heavy atom. The van der Waals surface area contributed by atoms with Crippen molar-refractivity contribution in [2.24, 2.45) is 5.92 Å². The molecule has 5 nitrogen and oxygen atoms in total. The van der Waals surface area contributed by atoms with E-state index in [1.807, 2.05) is 13.0 Å². The summed E-state index contributed by atoms with van der Waals surface area (Å²) in [5.74, 6) is 3.02. The van der Waals surface area contributed by atoms with Crippen LogP contribution in [0.4, 0.5) is 11.6 Å². The van der Waals surface area contributed by atoms with Crippen LogP contribution >= 0.6 is 0 Å². The van der Waals surface area contributed by atoms with Crippen LogP contribution in [0.15, 0.2) is 6.07 Å². The number of aliphatic hydroxyl groups is 1. The van der Waals surface area contributed by atoms with Crippen molar-refractivity contribution in [3.8, 4) is 0 Å². The number of aromatic nitrogens is 2. The zero-order valence-corrected chi connectivity index (χ0v) is 14.0. The fourth-order valence-corrected chi connectivity index (χ4v) is 2.29. The molecule has 0 aliphatic carbocycles. The number of nitrogens with one attached hydrogen (secondary N) is 2. The second-order valence-corrected chi connectivity index (χ2v) is 5.71. The van der Waals surface area contributed by atoms with Gasteiger partial charge in [-0.3, -0.25) is 0 Å². The molecule has 1 unspecified atom stereocenters. The number of nitrogens with zero attached hydrogens (tertiary/aromatic N) is 2. The molecule has 0 aliphatic heterocycles. The Kier molecular flexibility index (Phi) is 7.43. The Labute approximate surface area is 128 Å². The number of aliphatic hydroxyl groups excluding tert-OH is 1. The minimum absolute atomic E-state index is 0.271. The van der Waals surface area contributed by atoms with Crippen molar-refractivity contribution in [3.05, 3.63) is 11.9 Å². The van der Waals surface area contributed by atoms with Gasteiger partial charge in [0, 0.05) is 25.1 Å². The van der Waals surface area contributed by atoms with E-state index < -0.39 is 0 Å². The average molecular weight is 294 g/mol. The van der Waals surface area contributed by atoms with Crippen LogP contribution in [0.1, 0.15) is 59.2 Å². The average Bonchev–Trinajstić information content (AvgIpc) is 2.46. The number of rotatable bonds is 9. The van der Waals surface area contributed by atoms with Gasteiger partial charge in [-0.1, -0.05) is 40.5 Å². The molecule has 1 atom stereocenters. The highest BCUT2D eigenvalue weighted by molar-refractivity contribution is 5.47. The molecule has 5 heteroatoms. The van der Waals surface area contributed by atoms with E-state index in [0.717, 1.165) is 36.8 Å². The molecule has 0 radical (unpaired) electrons. The van der Waals surface area contributed by atoms with Gasteiger partial charge < -0.3 is 15.7 Å². The topological polar surface area (TPSA) is 70.1 Å². The van der Waals surface area contributed by atoms with Crippen molar-refractivity contribution in [2.75, 3.05) is 23.7 Å². The molecular weight excluding hydrogens is 264 g/mol. The van der Waals surface area contributed by atoms with Crippen LogP contribution in [0, 0.1) is 5.92 Å². The minimum Gasteiger partial charge on any atom is -0.391 e. The van der Waals surface area contributed by atoms with E-state index in [2.05, 4.69) is 48.3 Å². The highest BCUT2D eigenvalue weighted by Gasteiger charge is 2.16. The predicted octanol–water partition coefficient (Wildman–Crippen LogP) is 3.24. The Balaban J connectivity index is 2.77. The summed E-state index contributed by atoms with van der Waals surface area (Å²) >= 11 is 0. The summed E-state index contributed by atoms with van der Waals surface area (Å²) in [6.45, 7) is 11.8. The number of anilines is 2. The van der Waals surface area contributed by atoms with Gasteiger partial charge in [0.1, 0.15) is 17.5 Å². The Hall–Kier alpha value is -1.36. The first-order valence-electron chi connectivity index (χ1n) is 8.06. The van der Waals surface area contributed by atoms with E-state index in [1.165, 1.54) is 0 Å². The van der Waals surface area contributed by atoms with Crippen LogP contribution in [0.5, 0.6) is 0 Å². The fourth-order valence-electron chi connectivity index (χ4n) is 2.29. The molecule has 0 saturated heterocycles. The van der Waals surface area contributed by atoms with Gasteiger partial charge in [0.05, 0.1) is 6.10 Å². The number of hydrogen-bond acceptors (Lipinski definition) is 5. The first kappa shape index (κ1) is 17.7. The van der Waals surface area contributed by atoms with Crippen LogP contribution < -0.4 is 10.6 Å². The van der Waals surface area contributed by atoms with Gasteiger partial charge in [-0.2, -0.15) is 0 Å². The van der Waals surface area contributed by atoms with Crippen LogP contribution in [0.2, 0.25) is 0 Å². The first-order valence-corrected chi connectivity index (χ1v) is 8.06. The summed E-state index contributed by atoms with van der Waals surface area (Å²) in [5.41, 5.74) is 0. The Morgan fingerprint density at radius 3 is 2.10 bits per heavy atom. The van der Waals surface area contributed by atoms with Crippen molar-refractivity contribution < 1.29 is 5.11 Å². The van der Waals surface area contributed by atoms with E-state index in [9.17, 15) is 5.11 Å². The highest BCUT2D eigenvalue weighted by Crippen LogP contribution is 2.18. The largest absolute Gasteiger partial charge is 0.391 e. The molecule has 0 amide bonds. The van der Waals surface area contributed by atoms with Crippen molar-refractivity contribution in [1.82, 2.24) is 9.97 Å². The van der Waals surface area contributed by atoms with Gasteiger partial charge in [-0.15, -0.1) is 0 Å². The molecule has 0 aliphatic rings. The quantitative estimate of drug-likeness (QED) is 0.652. The SMILES string of the molecule is CCNc1cc(NCC(O)C(CC)CC)nc(C(C)C)n1. The van der Waals surface area contributed by atoms with Gasteiger partial charge in [-0.05, 0) is 12.8 Å². The zero-order valence-electron chi connectivity index (χ0n) is 14.0. The lowest BCUT2D eigenvalue weighted by Crippen LogP contribution is -2.28. The minimum atomic E-state index is -0.347. The molecule has 0 saturated carbocycles. The Morgan fingerprint density at radius 2 is 1.62 bits per heavy atom. The second kappa shape index (κ2) is 8.82. The van der Waals surface area contributed by atoms with E-state index >= 15 is 0 Å². The molecule has 1 rings (SSSR count). The van der Waals surface area contributed by atoms with E-state index in [1.54, 1.807) is 0 Å². The molecule has 0 aromatic carbocycles. The Bertz CT molecular complexity index is 419. The summed E-state index contributed by atoms with van der Waals surface area (Å²) in [4.78, 5) is 9.02. The molecule has 1 heterocycles. The molecular formula is C16H30N4O. The normalized spacial score (nSPS) is 12.8. The monoisotopic (exact) mass is 294 g/mol. The van der Waals surface area contributed by atoms with Crippen molar-refractivity contribution in [2.45, 2.75) is 59.5 Å². The third kappa shape index (κ3) is 5.50. The summed E-state index contributed by atoms with van der Waals surface area (Å²) in [6, 6.07) is 1.90. The third-order valence-electron chi connectivity index (χ3n) is 3.70. The standard InChI is InChI=1S/C16H30N4O/c1-6-12(7-2)13(21)10-18-15-9-14(17-8-3)19-16(20-15)11(4)5/h9,11-13,21H,6-8,10H2,1-5H3,(H2,17,18,19,20). The summed E-state index contributed by atoms with van der Waals surface area (Å²) in [7, 11) is 0. The van der Waals surface area contributed by atoms with Crippen molar-refractivity contribution in [3.63, 3.8) is 0 Å². The molecule has 0 fully saturated rings. The summed E-state index contributed by atoms with van der Waals surface area (Å²) < 4.78 is 0. The molecule has 0 spiro atoms. The van der Waals surface area contributed by atoms with E-state index in [0.29, 0.717) is 12.5 Å². The summed E-state index contributed by atoms with van der Waals surface area (Å²) in [6.07, 6.45) is 1.63. The smallest absolute Gasteiger partial charge is 0.135 e. The van der Waals surface area contributed by atoms with E-state index in [4.69, 9.17) is 0 Å². The maximum absolute atomic E-state index is 10.2. The maximum atomic E-state index is 10.2. The molecule has 1 aromatic rings. The van der Waals surface area contributed by atoms with Crippen LogP contribution in [-0.4, -0.2) is 34.3 Å². The van der Waals surface area contributed by atoms with Crippen LogP contribution in [0.25, 0.3) is 0 Å². The molecule has 120 valence electrons. The van der Waals surface area contributed by atoms with Crippen molar-refractivity contribution in [1.29, 1.82) is 0 Å². The highest BCUT2D eigenvalue weighted by atomic mass is 16.3. The van der Waals surface area contributed by atoms with Gasteiger partial charge in [0.15, 0.2) is 0 Å². The fraction of sp³-hybridized carbons (Fsp3) is 0.750. The molecule has 1 aromatic heterocycles. The van der Waals surface area contributed by atoms with Crippen LogP contribution in [-0.2, 0) is 0 Å². The molecule has 3 N–H and O–H groups in total. The zero-order chi connectivity index (χ0) is 15.8. The third-order valence-corrected chi connectivity index (χ3v) is 3.70. The molecule has 0 bridgehead atoms. The predicted molar refractivity (Wildman–Crippen MR) is 88.9 cm³/mol. The van der Waals surface area contributed by atoms with Crippen LogP contribution in [0.3, 0.4) is 0 Å². The van der Waals surface area contributed by atoms with E-state index in [-0.39, 0.29) is 12.0 Å². The van der Waals surface area contributed by atoms with Gasteiger partial charge in [0.2, 0.25) is 0 Å². The van der Waals surface area contributed by atoms with Gasteiger partial charge in [0.25, 0.3) is 0 Å². The lowest BCUT2D eigenvalue weighted by Gasteiger charge is -2.21. The number of hydrogen-bond donors (Lipinski definition) is 3. The van der Waals surface area contributed by atoms with Gasteiger partial charge >= 0.3 is 0 Å². The first-order chi connectivity index (χ1) is 10.0. The second-order valence-electron chi connectivity index (χ2n) is 5.71. The van der Waals surface area contributed by atoms with Crippen molar-refractivity contribution >= 4 is 11.6 Å². The molecule has 21 heavy (non-hydrogen) atoms. The maximum Gasteiger partial charge on any atom is 0.135 e.